The Morgan fingerprint density at radius 2 is 2.04 bits per heavy atom. The van der Waals surface area contributed by atoms with E-state index in [2.05, 4.69) is 15.1 Å². The second-order valence-electron chi connectivity index (χ2n) is 5.60. The predicted molar refractivity (Wildman–Crippen MR) is 84.9 cm³/mol. The summed E-state index contributed by atoms with van der Waals surface area (Å²) in [5, 5.41) is 4.84. The summed E-state index contributed by atoms with van der Waals surface area (Å²) in [5.74, 6) is -1.50. The fourth-order valence-corrected chi connectivity index (χ4v) is 3.03. The van der Waals surface area contributed by atoms with Crippen LogP contribution in [-0.2, 0) is 13.0 Å². The molecule has 1 aliphatic heterocycles. The van der Waals surface area contributed by atoms with Crippen LogP contribution in [0.25, 0.3) is 22.1 Å². The van der Waals surface area contributed by atoms with Crippen LogP contribution in [0.4, 0.5) is 8.78 Å². The lowest BCUT2D eigenvalue weighted by molar-refractivity contribution is 0.486. The Hall–Kier alpha value is -2.21. The highest BCUT2D eigenvalue weighted by Crippen LogP contribution is 2.25. The maximum Gasteiger partial charge on any atom is 0.161 e. The molecule has 3 aromatic rings. The maximum absolute atomic E-state index is 13.3. The fraction of sp³-hybridized carbons (Fsp3) is 0.250. The molecule has 0 fully saturated rings. The summed E-state index contributed by atoms with van der Waals surface area (Å²) in [4.78, 5) is 7.09. The van der Waals surface area contributed by atoms with Gasteiger partial charge in [0.25, 0.3) is 0 Å². The van der Waals surface area contributed by atoms with E-state index in [1.165, 1.54) is 12.1 Å². The first-order valence-electron chi connectivity index (χ1n) is 7.39. The number of halogens is 3. The summed E-state index contributed by atoms with van der Waals surface area (Å²) in [5.41, 5.74) is 2.68. The summed E-state index contributed by atoms with van der Waals surface area (Å²) >= 11 is 6.29. The van der Waals surface area contributed by atoms with Crippen LogP contribution in [-0.4, -0.2) is 19.7 Å². The zero-order valence-electron chi connectivity index (χ0n) is 12.1. The molecule has 0 radical (unpaired) electrons. The Balaban J connectivity index is 1.70. The third-order valence-electron chi connectivity index (χ3n) is 3.96. The zero-order valence-corrected chi connectivity index (χ0v) is 12.9. The van der Waals surface area contributed by atoms with E-state index < -0.39 is 11.6 Å². The topological polar surface area (TPSA) is 46.5 Å². The third kappa shape index (κ3) is 2.63. The smallest absolute Gasteiger partial charge is 0.161 e. The number of hydrogen-bond acceptors (Lipinski definition) is 2. The van der Waals surface area contributed by atoms with Crippen LogP contribution in [0.3, 0.4) is 0 Å². The molecule has 0 aliphatic carbocycles. The van der Waals surface area contributed by atoms with Crippen molar-refractivity contribution in [1.29, 1.82) is 0 Å². The van der Waals surface area contributed by atoms with Gasteiger partial charge in [-0.15, -0.1) is 0 Å². The Bertz CT molecular complexity index is 863. The Kier molecular flexibility index (Phi) is 3.41. The molecule has 4 nitrogen and oxygen atoms in total. The summed E-state index contributed by atoms with van der Waals surface area (Å²) in [6, 6.07) is 4.12. The number of hydrogen-bond donors (Lipinski definition) is 1. The van der Waals surface area contributed by atoms with E-state index in [4.69, 9.17) is 11.6 Å². The molecule has 4 rings (SSSR count). The molecule has 3 heterocycles. The van der Waals surface area contributed by atoms with Gasteiger partial charge in [-0.25, -0.2) is 13.8 Å². The quantitative estimate of drug-likeness (QED) is 0.766. The lowest BCUT2D eigenvalue weighted by atomic mass is 10.1. The molecule has 0 bridgehead atoms. The van der Waals surface area contributed by atoms with Crippen LogP contribution in [0, 0.1) is 11.6 Å². The van der Waals surface area contributed by atoms with Crippen molar-refractivity contribution in [3.63, 3.8) is 0 Å². The summed E-state index contributed by atoms with van der Waals surface area (Å²) in [7, 11) is 0. The summed E-state index contributed by atoms with van der Waals surface area (Å²) in [6.07, 6.45) is 5.02. The number of aryl methyl sites for hydroxylation is 2. The number of imidazole rings is 1. The first kappa shape index (κ1) is 14.4. The van der Waals surface area contributed by atoms with Gasteiger partial charge in [0.1, 0.15) is 5.82 Å². The van der Waals surface area contributed by atoms with Crippen molar-refractivity contribution in [2.45, 2.75) is 25.8 Å². The van der Waals surface area contributed by atoms with Crippen molar-refractivity contribution in [2.24, 2.45) is 0 Å². The van der Waals surface area contributed by atoms with Gasteiger partial charge in [-0.1, -0.05) is 11.6 Å². The van der Waals surface area contributed by atoms with Gasteiger partial charge in [-0.05, 0) is 31.4 Å². The van der Waals surface area contributed by atoms with E-state index in [0.717, 1.165) is 37.2 Å². The molecule has 0 atom stereocenters. The van der Waals surface area contributed by atoms with Crippen molar-refractivity contribution in [1.82, 2.24) is 19.7 Å². The monoisotopic (exact) mass is 334 g/mol. The minimum absolute atomic E-state index is 0.328. The normalized spacial score (nSPS) is 15.2. The zero-order chi connectivity index (χ0) is 16.0. The largest absolute Gasteiger partial charge is 0.337 e. The second-order valence-corrected chi connectivity index (χ2v) is 6.01. The number of benzene rings is 1. The van der Waals surface area contributed by atoms with Crippen LogP contribution < -0.4 is 0 Å². The van der Waals surface area contributed by atoms with Gasteiger partial charge in [0.2, 0.25) is 0 Å². The maximum atomic E-state index is 13.3. The van der Waals surface area contributed by atoms with Crippen LogP contribution in [0.15, 0.2) is 18.2 Å². The van der Waals surface area contributed by atoms with E-state index >= 15 is 0 Å². The van der Waals surface area contributed by atoms with Gasteiger partial charge in [0.15, 0.2) is 11.6 Å². The van der Waals surface area contributed by atoms with Crippen LogP contribution in [0.2, 0.25) is 0 Å². The van der Waals surface area contributed by atoms with Gasteiger partial charge >= 0.3 is 0 Å². The molecular weight excluding hydrogens is 322 g/mol. The van der Waals surface area contributed by atoms with Gasteiger partial charge in [-0.3, -0.25) is 4.68 Å². The highest BCUT2D eigenvalue weighted by atomic mass is 35.5. The molecule has 1 N–H and O–H groups in total. The Morgan fingerprint density at radius 3 is 2.87 bits per heavy atom. The summed E-state index contributed by atoms with van der Waals surface area (Å²) < 4.78 is 28.5. The summed E-state index contributed by atoms with van der Waals surface area (Å²) in [6.45, 7) is 0.921. The van der Waals surface area contributed by atoms with Crippen molar-refractivity contribution in [2.75, 3.05) is 0 Å². The SMILES string of the molecule is Fc1cc2nc(C(Cl)=Cc3cc4n(n3)CCCC4)[nH]c2cc1F. The third-order valence-corrected chi connectivity index (χ3v) is 4.25. The van der Waals surface area contributed by atoms with Crippen molar-refractivity contribution in [3.8, 4) is 0 Å². The minimum Gasteiger partial charge on any atom is -0.337 e. The second kappa shape index (κ2) is 5.45. The number of H-pyrrole nitrogens is 1. The van der Waals surface area contributed by atoms with Gasteiger partial charge < -0.3 is 4.98 Å². The predicted octanol–water partition coefficient (Wildman–Crippen LogP) is 4.11. The molecular formula is C16H13ClF2N4. The molecule has 0 saturated heterocycles. The molecule has 0 unspecified atom stereocenters. The van der Waals surface area contributed by atoms with Crippen LogP contribution >= 0.6 is 11.6 Å². The average molecular weight is 335 g/mol. The number of nitrogens with zero attached hydrogens (tertiary/aromatic N) is 3. The van der Waals surface area contributed by atoms with Crippen LogP contribution in [0.1, 0.15) is 30.1 Å². The molecule has 0 saturated carbocycles. The number of aromatic amines is 1. The molecule has 0 spiro atoms. The first-order valence-corrected chi connectivity index (χ1v) is 7.77. The lowest BCUT2D eigenvalue weighted by Crippen LogP contribution is -2.10. The van der Waals surface area contributed by atoms with Gasteiger partial charge in [0.05, 0.1) is 21.8 Å². The Labute approximate surface area is 135 Å². The van der Waals surface area contributed by atoms with Crippen LogP contribution in [0.5, 0.6) is 0 Å². The van der Waals surface area contributed by atoms with E-state index in [-0.39, 0.29) is 0 Å². The molecule has 23 heavy (non-hydrogen) atoms. The standard InChI is InChI=1S/C16H13ClF2N4/c17-11(6-9-5-10-3-1-2-4-23(10)22-9)16-20-14-7-12(18)13(19)8-15(14)21-16/h5-8H,1-4H2,(H,20,21). The molecule has 0 amide bonds. The lowest BCUT2D eigenvalue weighted by Gasteiger charge is -2.11. The number of rotatable bonds is 2. The number of fused-ring (bicyclic) bond motifs is 2. The number of nitrogens with one attached hydrogen (secondary N) is 1. The highest BCUT2D eigenvalue weighted by molar-refractivity contribution is 6.50. The molecule has 1 aromatic carbocycles. The van der Waals surface area contributed by atoms with E-state index in [1.54, 1.807) is 6.08 Å². The first-order chi connectivity index (χ1) is 11.1. The fourth-order valence-electron chi connectivity index (χ4n) is 2.83. The highest BCUT2D eigenvalue weighted by Gasteiger charge is 2.13. The van der Waals surface area contributed by atoms with Gasteiger partial charge in [-0.2, -0.15) is 5.10 Å². The van der Waals surface area contributed by atoms with E-state index in [0.29, 0.717) is 21.9 Å². The molecule has 1 aliphatic rings. The minimum atomic E-state index is -0.933. The van der Waals surface area contributed by atoms with Crippen molar-refractivity contribution < 1.29 is 8.78 Å². The molecule has 2 aromatic heterocycles. The molecule has 7 heteroatoms. The Morgan fingerprint density at radius 1 is 1.22 bits per heavy atom. The van der Waals surface area contributed by atoms with Gasteiger partial charge in [0, 0.05) is 24.4 Å². The average Bonchev–Trinajstić information content (AvgIpc) is 3.10. The van der Waals surface area contributed by atoms with Crippen molar-refractivity contribution >= 4 is 33.7 Å². The van der Waals surface area contributed by atoms with E-state index in [9.17, 15) is 8.78 Å². The van der Waals surface area contributed by atoms with Crippen molar-refractivity contribution in [3.05, 3.63) is 47.0 Å². The van der Waals surface area contributed by atoms with E-state index in [1.807, 2.05) is 10.7 Å². The number of aromatic nitrogens is 4. The molecule has 118 valence electrons.